The highest BCUT2D eigenvalue weighted by Crippen LogP contribution is 2.39. The largest absolute Gasteiger partial charge is 0.358 e. The van der Waals surface area contributed by atoms with Crippen molar-refractivity contribution in [3.8, 4) is 22.5 Å². The lowest BCUT2D eigenvalue weighted by atomic mass is 9.92. The number of benzene rings is 2. The fourth-order valence-electron chi connectivity index (χ4n) is 10.9. The number of aliphatic imine (C=N–C) groups is 1. The number of ether oxygens (including phenoxy) is 1. The van der Waals surface area contributed by atoms with Crippen LogP contribution in [0.15, 0.2) is 122 Å². The SMILES string of the molecule is Cc1ccc2c(Nc3cc(C(C)(C)C)nn3C)nccc2c1Cc1ncccc1-c1ncnc2c1N=CC2.Cc1ccc2c(Nc3cc(C(C)(C)C)nn3C)nccc2c1Cc1ncccc1-c1ncnc2c1ncn2C1CCCCO1. The number of nitrogens with one attached hydrogen (secondary N) is 2. The monoisotopic (exact) mass is 1090 g/mol. The smallest absolute Gasteiger partial charge is 0.165 e. The summed E-state index contributed by atoms with van der Waals surface area (Å²) in [5.41, 5.74) is 15.5. The van der Waals surface area contributed by atoms with Crippen LogP contribution in [-0.4, -0.2) is 81.8 Å². The summed E-state index contributed by atoms with van der Waals surface area (Å²) in [5, 5.41) is 20.9. The quantitative estimate of drug-likeness (QED) is 0.124. The van der Waals surface area contributed by atoms with Crippen LogP contribution in [0.1, 0.15) is 118 Å². The van der Waals surface area contributed by atoms with E-state index in [2.05, 4.69) is 147 Å². The zero-order valence-electron chi connectivity index (χ0n) is 48.2. The van der Waals surface area contributed by atoms with Gasteiger partial charge in [-0.2, -0.15) is 10.2 Å². The van der Waals surface area contributed by atoms with Crippen molar-refractivity contribution in [3.63, 3.8) is 0 Å². The van der Waals surface area contributed by atoms with E-state index in [1.54, 1.807) is 12.7 Å². The van der Waals surface area contributed by atoms with Crippen LogP contribution < -0.4 is 10.6 Å². The topological polar surface area (TPSA) is 202 Å². The van der Waals surface area contributed by atoms with Crippen molar-refractivity contribution in [3.05, 3.63) is 167 Å². The summed E-state index contributed by atoms with van der Waals surface area (Å²) < 4.78 is 11.8. The minimum atomic E-state index is -0.0500. The molecule has 2 aliphatic rings. The summed E-state index contributed by atoms with van der Waals surface area (Å²) in [6.45, 7) is 18.0. The molecule has 9 aromatic heterocycles. The molecule has 1 fully saturated rings. The third-order valence-electron chi connectivity index (χ3n) is 15.6. The molecule has 2 aliphatic heterocycles. The van der Waals surface area contributed by atoms with Crippen LogP contribution in [0.2, 0.25) is 0 Å². The standard InChI is InChI=1S/C34H37N9O.C30H30N8/c1-21-11-12-23-22(13-15-36-32(23)40-28-18-27(34(2,3)4)41-42(28)5)25(21)17-26-24(9-8-14-35-26)30-31-33(38-19-37-30)43(20-39-31)29-10-6-7-16-44-29;1-18-8-9-20-19(10-13-33-29(20)36-26-16-25(30(2,3)4)37-38(26)5)22(18)15-24-21(7-6-12-31-24)27-28-23(11-14-32-28)34-17-35-27/h8-9,11-15,18-20,29H,6-7,10,16-17H2,1-5H3,(H,36,40);6-10,12-14,16-17H,11,15H2,1-5H3,(H,33,36). The van der Waals surface area contributed by atoms with Gasteiger partial charge in [0.2, 0.25) is 0 Å². The Morgan fingerprint density at radius 1 is 0.585 bits per heavy atom. The van der Waals surface area contributed by atoms with Gasteiger partial charge in [0.1, 0.15) is 64.7 Å². The number of aromatic nitrogens is 14. The number of nitrogens with zero attached hydrogens (tertiary/aromatic N) is 15. The number of pyridine rings is 4. The van der Waals surface area contributed by atoms with Crippen molar-refractivity contribution in [2.24, 2.45) is 19.1 Å². The van der Waals surface area contributed by atoms with Crippen molar-refractivity contribution in [2.75, 3.05) is 17.2 Å². The number of rotatable bonds is 11. The summed E-state index contributed by atoms with van der Waals surface area (Å²) in [5.74, 6) is 3.40. The van der Waals surface area contributed by atoms with Gasteiger partial charge in [0.25, 0.3) is 0 Å². The van der Waals surface area contributed by atoms with Crippen molar-refractivity contribution in [1.29, 1.82) is 0 Å². The predicted molar refractivity (Wildman–Crippen MR) is 323 cm³/mol. The van der Waals surface area contributed by atoms with E-state index in [4.69, 9.17) is 44.8 Å². The van der Waals surface area contributed by atoms with Crippen LogP contribution in [0.5, 0.6) is 0 Å². The van der Waals surface area contributed by atoms with Crippen LogP contribution in [0.3, 0.4) is 0 Å². The highest BCUT2D eigenvalue weighted by atomic mass is 16.5. The lowest BCUT2D eigenvalue weighted by molar-refractivity contribution is -0.0298. The Kier molecular flexibility index (Phi) is 14.2. The maximum absolute atomic E-state index is 6.04. The summed E-state index contributed by atoms with van der Waals surface area (Å²) >= 11 is 0. The van der Waals surface area contributed by atoms with Crippen LogP contribution in [0.4, 0.5) is 29.0 Å². The average Bonchev–Trinajstić information content (AvgIpc) is 4.46. The number of imidazole rings is 1. The molecule has 2 N–H and O–H groups in total. The number of aryl methyl sites for hydroxylation is 4. The van der Waals surface area contributed by atoms with Crippen LogP contribution in [0, 0.1) is 13.8 Å². The molecule has 18 heteroatoms. The maximum atomic E-state index is 6.04. The Balaban J connectivity index is 0.000000164. The third-order valence-corrected chi connectivity index (χ3v) is 15.6. The van der Waals surface area contributed by atoms with Gasteiger partial charge in [-0.3, -0.25) is 28.9 Å². The molecule has 11 aromatic rings. The van der Waals surface area contributed by atoms with E-state index in [-0.39, 0.29) is 17.1 Å². The highest BCUT2D eigenvalue weighted by Gasteiger charge is 2.26. The van der Waals surface area contributed by atoms with Crippen LogP contribution >= 0.6 is 0 Å². The molecule has 1 saturated heterocycles. The van der Waals surface area contributed by atoms with Crippen molar-refractivity contribution in [1.82, 2.24) is 69.0 Å². The van der Waals surface area contributed by atoms with Gasteiger partial charge in [-0.1, -0.05) is 65.8 Å². The molecule has 414 valence electrons. The second kappa shape index (κ2) is 21.7. The third kappa shape index (κ3) is 10.4. The van der Waals surface area contributed by atoms with Gasteiger partial charge in [-0.15, -0.1) is 0 Å². The Hall–Kier alpha value is -9.16. The first-order chi connectivity index (χ1) is 39.6. The zero-order valence-corrected chi connectivity index (χ0v) is 48.2. The summed E-state index contributed by atoms with van der Waals surface area (Å²) in [6.07, 6.45) is 19.5. The summed E-state index contributed by atoms with van der Waals surface area (Å²) in [4.78, 5) is 46.7. The van der Waals surface area contributed by atoms with Gasteiger partial charge in [-0.25, -0.2) is 34.9 Å². The second-order valence-corrected chi connectivity index (χ2v) is 23.3. The van der Waals surface area contributed by atoms with E-state index >= 15 is 0 Å². The molecule has 82 heavy (non-hydrogen) atoms. The molecule has 0 aliphatic carbocycles. The molecule has 1 atom stereocenters. The van der Waals surface area contributed by atoms with Crippen molar-refractivity contribution >= 4 is 67.9 Å². The summed E-state index contributed by atoms with van der Waals surface area (Å²) in [7, 11) is 3.91. The van der Waals surface area contributed by atoms with E-state index in [9.17, 15) is 0 Å². The molecular formula is C64H67N17O. The number of hydrogen-bond donors (Lipinski definition) is 2. The first-order valence-electron chi connectivity index (χ1n) is 28.0. The molecule has 0 saturated carbocycles. The lowest BCUT2D eigenvalue weighted by Crippen LogP contribution is -2.17. The predicted octanol–water partition coefficient (Wildman–Crippen LogP) is 12.8. The molecule has 0 radical (unpaired) electrons. The molecule has 0 bridgehead atoms. The Morgan fingerprint density at radius 2 is 1.15 bits per heavy atom. The fourth-order valence-corrected chi connectivity index (χ4v) is 10.9. The second-order valence-electron chi connectivity index (χ2n) is 23.3. The van der Waals surface area contributed by atoms with E-state index in [1.807, 2.05) is 77.5 Å². The molecule has 0 spiro atoms. The molecule has 0 amide bonds. The first-order valence-corrected chi connectivity index (χ1v) is 28.0. The number of fused-ring (bicyclic) bond motifs is 4. The lowest BCUT2D eigenvalue weighted by Gasteiger charge is -2.23. The number of hydrogen-bond acceptors (Lipinski definition) is 15. The average molecular weight is 1090 g/mol. The van der Waals surface area contributed by atoms with Crippen LogP contribution in [-0.2, 0) is 48.9 Å². The van der Waals surface area contributed by atoms with Crippen molar-refractivity contribution in [2.45, 2.75) is 111 Å². The number of anilines is 4. The Bertz CT molecular complexity index is 4230. The molecule has 18 nitrogen and oxygen atoms in total. The van der Waals surface area contributed by atoms with E-state index in [0.717, 1.165) is 145 Å². The molecular weight excluding hydrogens is 1020 g/mol. The van der Waals surface area contributed by atoms with Gasteiger partial charge in [0.15, 0.2) is 5.65 Å². The maximum Gasteiger partial charge on any atom is 0.165 e. The van der Waals surface area contributed by atoms with Gasteiger partial charge in [0.05, 0.1) is 34.8 Å². The van der Waals surface area contributed by atoms with Gasteiger partial charge in [-0.05, 0) is 103 Å². The highest BCUT2D eigenvalue weighted by molar-refractivity contribution is 5.98. The van der Waals surface area contributed by atoms with Gasteiger partial charge in [0, 0.05) is 116 Å². The van der Waals surface area contributed by atoms with Gasteiger partial charge >= 0.3 is 0 Å². The molecule has 13 rings (SSSR count). The van der Waals surface area contributed by atoms with E-state index in [1.165, 1.54) is 22.3 Å². The molecule has 2 aromatic carbocycles. The summed E-state index contributed by atoms with van der Waals surface area (Å²) in [6, 6.07) is 25.0. The van der Waals surface area contributed by atoms with Gasteiger partial charge < -0.3 is 15.4 Å². The van der Waals surface area contributed by atoms with E-state index in [0.29, 0.717) is 12.8 Å². The molecule has 1 unspecified atom stereocenters. The molecule has 11 heterocycles. The fraction of sp³-hybridized carbons (Fsp3) is 0.312. The minimum absolute atomic E-state index is 0.0380. The Labute approximate surface area is 476 Å². The normalized spacial score (nSPS) is 14.3. The van der Waals surface area contributed by atoms with Crippen LogP contribution in [0.25, 0.3) is 55.2 Å². The first kappa shape index (κ1) is 53.5. The van der Waals surface area contributed by atoms with E-state index < -0.39 is 0 Å². The zero-order chi connectivity index (χ0) is 56.9. The Morgan fingerprint density at radius 3 is 1.70 bits per heavy atom. The minimum Gasteiger partial charge on any atom is -0.358 e. The van der Waals surface area contributed by atoms with Crippen molar-refractivity contribution < 1.29 is 4.74 Å².